The Balaban J connectivity index is 1.89. The number of amides is 1. The Morgan fingerprint density at radius 3 is 2.90 bits per heavy atom. The van der Waals surface area contributed by atoms with Gasteiger partial charge in [-0.3, -0.25) is 4.79 Å². The molecule has 20 heavy (non-hydrogen) atoms. The zero-order valence-electron chi connectivity index (χ0n) is 12.3. The summed E-state index contributed by atoms with van der Waals surface area (Å²) in [5.41, 5.74) is 7.01. The van der Waals surface area contributed by atoms with E-state index in [0.29, 0.717) is 18.9 Å². The molecule has 0 radical (unpaired) electrons. The van der Waals surface area contributed by atoms with Crippen molar-refractivity contribution >= 4 is 5.91 Å². The Hall–Kier alpha value is -1.55. The molecule has 1 aliphatic rings. The number of nitrogens with zero attached hydrogens (tertiary/aromatic N) is 1. The number of nitrogens with two attached hydrogens (primary N) is 1. The van der Waals surface area contributed by atoms with E-state index in [9.17, 15) is 4.79 Å². The first-order valence-electron chi connectivity index (χ1n) is 7.25. The molecule has 1 fully saturated rings. The van der Waals surface area contributed by atoms with E-state index in [1.165, 1.54) is 0 Å². The van der Waals surface area contributed by atoms with Crippen LogP contribution in [0.15, 0.2) is 24.3 Å². The molecule has 4 heteroatoms. The Bertz CT molecular complexity index is 462. The van der Waals surface area contributed by atoms with Crippen molar-refractivity contribution in [3.8, 4) is 5.75 Å². The van der Waals surface area contributed by atoms with Gasteiger partial charge in [-0.15, -0.1) is 0 Å². The van der Waals surface area contributed by atoms with Crippen LogP contribution in [0.4, 0.5) is 0 Å². The highest BCUT2D eigenvalue weighted by Gasteiger charge is 2.24. The van der Waals surface area contributed by atoms with E-state index in [4.69, 9.17) is 10.5 Å². The van der Waals surface area contributed by atoms with Gasteiger partial charge in [-0.2, -0.15) is 0 Å². The van der Waals surface area contributed by atoms with Gasteiger partial charge in [-0.1, -0.05) is 25.1 Å². The standard InChI is InChI=1S/C16H24N2O2/c1-12(9-13-5-3-4-6-15(13)20-2)10-16(19)18-8-7-14(17)11-18/h3-6,12,14H,7-11,17H2,1-2H3/t12-,14-/m0/s1. The number of hydrogen-bond donors (Lipinski definition) is 1. The molecule has 0 spiro atoms. The molecule has 1 aromatic carbocycles. The maximum atomic E-state index is 12.2. The summed E-state index contributed by atoms with van der Waals surface area (Å²) in [7, 11) is 1.68. The third-order valence-corrected chi connectivity index (χ3v) is 3.86. The molecule has 2 rings (SSSR count). The minimum atomic E-state index is 0.156. The van der Waals surface area contributed by atoms with Gasteiger partial charge in [0.05, 0.1) is 7.11 Å². The molecule has 0 saturated carbocycles. The van der Waals surface area contributed by atoms with Crippen molar-refractivity contribution in [1.82, 2.24) is 4.90 Å². The molecule has 4 nitrogen and oxygen atoms in total. The molecule has 0 unspecified atom stereocenters. The Morgan fingerprint density at radius 1 is 1.50 bits per heavy atom. The molecule has 110 valence electrons. The van der Waals surface area contributed by atoms with Crippen molar-refractivity contribution in [2.75, 3.05) is 20.2 Å². The summed E-state index contributed by atoms with van der Waals surface area (Å²) in [6, 6.07) is 8.15. The number of rotatable bonds is 5. The van der Waals surface area contributed by atoms with Gasteiger partial charge in [0.2, 0.25) is 5.91 Å². The maximum Gasteiger partial charge on any atom is 0.222 e. The van der Waals surface area contributed by atoms with Crippen molar-refractivity contribution in [3.63, 3.8) is 0 Å². The van der Waals surface area contributed by atoms with Crippen LogP contribution in [-0.2, 0) is 11.2 Å². The number of carbonyl (C=O) groups is 1. The number of likely N-dealkylation sites (tertiary alicyclic amines) is 1. The lowest BCUT2D eigenvalue weighted by Gasteiger charge is -2.19. The summed E-state index contributed by atoms with van der Waals surface area (Å²) in [5, 5.41) is 0. The molecule has 1 aromatic rings. The van der Waals surface area contributed by atoms with Crippen LogP contribution in [-0.4, -0.2) is 37.0 Å². The third kappa shape index (κ3) is 3.73. The van der Waals surface area contributed by atoms with E-state index in [-0.39, 0.29) is 11.9 Å². The van der Waals surface area contributed by atoms with Gasteiger partial charge in [0, 0.05) is 25.6 Å². The number of ether oxygens (including phenoxy) is 1. The lowest BCUT2D eigenvalue weighted by atomic mass is 9.97. The fourth-order valence-corrected chi connectivity index (χ4v) is 2.76. The Morgan fingerprint density at radius 2 is 2.25 bits per heavy atom. The largest absolute Gasteiger partial charge is 0.496 e. The fraction of sp³-hybridized carbons (Fsp3) is 0.562. The lowest BCUT2D eigenvalue weighted by molar-refractivity contribution is -0.131. The molecular weight excluding hydrogens is 252 g/mol. The van der Waals surface area contributed by atoms with E-state index < -0.39 is 0 Å². The molecule has 2 atom stereocenters. The molecule has 1 heterocycles. The maximum absolute atomic E-state index is 12.2. The summed E-state index contributed by atoms with van der Waals surface area (Å²) in [4.78, 5) is 14.1. The van der Waals surface area contributed by atoms with Crippen LogP contribution in [0.5, 0.6) is 5.75 Å². The number of hydrogen-bond acceptors (Lipinski definition) is 3. The van der Waals surface area contributed by atoms with Gasteiger partial charge in [0.1, 0.15) is 5.75 Å². The molecule has 1 aliphatic heterocycles. The average molecular weight is 276 g/mol. The fourth-order valence-electron chi connectivity index (χ4n) is 2.76. The zero-order valence-corrected chi connectivity index (χ0v) is 12.3. The molecule has 1 amide bonds. The third-order valence-electron chi connectivity index (χ3n) is 3.86. The number of benzene rings is 1. The molecule has 0 aliphatic carbocycles. The second kappa shape index (κ2) is 6.75. The van der Waals surface area contributed by atoms with Gasteiger partial charge in [0.25, 0.3) is 0 Å². The van der Waals surface area contributed by atoms with Crippen LogP contribution in [0.25, 0.3) is 0 Å². The normalized spacial score (nSPS) is 19.9. The highest BCUT2D eigenvalue weighted by molar-refractivity contribution is 5.76. The molecule has 1 saturated heterocycles. The van der Waals surface area contributed by atoms with Crippen LogP contribution in [0.2, 0.25) is 0 Å². The minimum absolute atomic E-state index is 0.156. The molecular formula is C16H24N2O2. The second-order valence-electron chi connectivity index (χ2n) is 5.71. The second-order valence-corrected chi connectivity index (χ2v) is 5.71. The summed E-state index contributed by atoms with van der Waals surface area (Å²) in [6.45, 7) is 3.63. The topological polar surface area (TPSA) is 55.6 Å². The van der Waals surface area contributed by atoms with Gasteiger partial charge in [-0.25, -0.2) is 0 Å². The van der Waals surface area contributed by atoms with Crippen molar-refractivity contribution in [3.05, 3.63) is 29.8 Å². The van der Waals surface area contributed by atoms with Crippen molar-refractivity contribution < 1.29 is 9.53 Å². The summed E-state index contributed by atoms with van der Waals surface area (Å²) in [5.74, 6) is 1.42. The Labute approximate surface area is 120 Å². The zero-order chi connectivity index (χ0) is 14.5. The number of para-hydroxylation sites is 1. The highest BCUT2D eigenvalue weighted by atomic mass is 16.5. The van der Waals surface area contributed by atoms with Crippen LogP contribution < -0.4 is 10.5 Å². The predicted molar refractivity (Wildman–Crippen MR) is 79.7 cm³/mol. The highest BCUT2D eigenvalue weighted by Crippen LogP contribution is 2.23. The van der Waals surface area contributed by atoms with Crippen LogP contribution in [0, 0.1) is 5.92 Å². The summed E-state index contributed by atoms with van der Waals surface area (Å²) >= 11 is 0. The lowest BCUT2D eigenvalue weighted by Crippen LogP contribution is -2.32. The van der Waals surface area contributed by atoms with Crippen molar-refractivity contribution in [2.24, 2.45) is 11.7 Å². The monoisotopic (exact) mass is 276 g/mol. The van der Waals surface area contributed by atoms with E-state index in [0.717, 1.165) is 30.7 Å². The first kappa shape index (κ1) is 14.9. The van der Waals surface area contributed by atoms with Crippen molar-refractivity contribution in [2.45, 2.75) is 32.2 Å². The molecule has 0 aromatic heterocycles. The van der Waals surface area contributed by atoms with Gasteiger partial charge in [-0.05, 0) is 30.4 Å². The van der Waals surface area contributed by atoms with E-state index in [2.05, 4.69) is 13.0 Å². The van der Waals surface area contributed by atoms with Gasteiger partial charge in [0.15, 0.2) is 0 Å². The van der Waals surface area contributed by atoms with Crippen LogP contribution >= 0.6 is 0 Å². The summed E-state index contributed by atoms with van der Waals surface area (Å²) < 4.78 is 5.35. The Kier molecular flexibility index (Phi) is 5.01. The van der Waals surface area contributed by atoms with E-state index in [1.807, 2.05) is 23.1 Å². The predicted octanol–water partition coefficient (Wildman–Crippen LogP) is 1.82. The number of carbonyl (C=O) groups excluding carboxylic acids is 1. The van der Waals surface area contributed by atoms with Gasteiger partial charge >= 0.3 is 0 Å². The summed E-state index contributed by atoms with van der Waals surface area (Å²) in [6.07, 6.45) is 2.35. The minimum Gasteiger partial charge on any atom is -0.496 e. The van der Waals surface area contributed by atoms with E-state index >= 15 is 0 Å². The first-order chi connectivity index (χ1) is 9.60. The molecule has 2 N–H and O–H groups in total. The van der Waals surface area contributed by atoms with Crippen LogP contribution in [0.3, 0.4) is 0 Å². The average Bonchev–Trinajstić information content (AvgIpc) is 2.86. The molecule has 0 bridgehead atoms. The smallest absolute Gasteiger partial charge is 0.222 e. The first-order valence-corrected chi connectivity index (χ1v) is 7.25. The van der Waals surface area contributed by atoms with Crippen LogP contribution in [0.1, 0.15) is 25.3 Å². The van der Waals surface area contributed by atoms with E-state index in [1.54, 1.807) is 7.11 Å². The quantitative estimate of drug-likeness (QED) is 0.892. The SMILES string of the molecule is COc1ccccc1C[C@H](C)CC(=O)N1CC[C@H](N)C1. The number of methoxy groups -OCH3 is 1. The van der Waals surface area contributed by atoms with Crippen molar-refractivity contribution in [1.29, 1.82) is 0 Å². The van der Waals surface area contributed by atoms with Gasteiger partial charge < -0.3 is 15.4 Å².